The van der Waals surface area contributed by atoms with Gasteiger partial charge >= 0.3 is 5.97 Å². The average molecular weight is 611 g/mol. The standard InChI is InChI=1S/C33H27BrN2O5/c1-19-6-8-21(9-7-19)30(37)18-41-33(40)27-17-29(35-28-15-12-22(34)16-26(27)28)20-10-13-23(14-11-20)36-31(38)24-4-2-3-5-25(24)32(36)39/h6-17,24-25H,2-5,18H2,1H3/t24-,25-/m1/s1. The Kier molecular flexibility index (Phi) is 7.26. The number of anilines is 1. The first-order chi connectivity index (χ1) is 19.8. The molecule has 41 heavy (non-hydrogen) atoms. The van der Waals surface area contributed by atoms with Crippen molar-refractivity contribution in [3.8, 4) is 11.3 Å². The van der Waals surface area contributed by atoms with Gasteiger partial charge in [-0.3, -0.25) is 19.3 Å². The summed E-state index contributed by atoms with van der Waals surface area (Å²) in [5.74, 6) is -1.60. The Labute approximate surface area is 245 Å². The highest BCUT2D eigenvalue weighted by Gasteiger charge is 2.48. The minimum atomic E-state index is -0.635. The van der Waals surface area contributed by atoms with E-state index in [1.54, 1.807) is 54.6 Å². The van der Waals surface area contributed by atoms with Crippen molar-refractivity contribution in [1.29, 1.82) is 0 Å². The summed E-state index contributed by atoms with van der Waals surface area (Å²) >= 11 is 3.46. The van der Waals surface area contributed by atoms with Crippen LogP contribution in [-0.4, -0.2) is 35.2 Å². The van der Waals surface area contributed by atoms with Gasteiger partial charge in [0, 0.05) is 21.0 Å². The van der Waals surface area contributed by atoms with Crippen LogP contribution in [0, 0.1) is 18.8 Å². The number of pyridine rings is 1. The van der Waals surface area contributed by atoms with Crippen LogP contribution in [0.25, 0.3) is 22.2 Å². The van der Waals surface area contributed by atoms with E-state index in [1.165, 1.54) is 4.90 Å². The molecule has 1 saturated heterocycles. The Morgan fingerprint density at radius 2 is 1.56 bits per heavy atom. The molecule has 4 aromatic rings. The van der Waals surface area contributed by atoms with E-state index in [-0.39, 0.29) is 41.6 Å². The highest BCUT2D eigenvalue weighted by Crippen LogP contribution is 2.40. The molecule has 206 valence electrons. The quantitative estimate of drug-likeness (QED) is 0.137. The van der Waals surface area contributed by atoms with Gasteiger partial charge in [-0.15, -0.1) is 0 Å². The molecule has 1 aromatic heterocycles. The molecule has 2 atom stereocenters. The predicted molar refractivity (Wildman–Crippen MR) is 159 cm³/mol. The third-order valence-corrected chi connectivity index (χ3v) is 8.45. The van der Waals surface area contributed by atoms with Gasteiger partial charge < -0.3 is 4.74 Å². The SMILES string of the molecule is Cc1ccc(C(=O)COC(=O)c2cc(-c3ccc(N4C(=O)[C@@H]5CCCC[C@H]5C4=O)cc3)nc3ccc(Br)cc23)cc1. The van der Waals surface area contributed by atoms with Gasteiger partial charge in [0.25, 0.3) is 0 Å². The number of rotatable bonds is 6. The number of imide groups is 1. The van der Waals surface area contributed by atoms with Crippen molar-refractivity contribution >= 4 is 56.1 Å². The number of Topliss-reactive ketones (excluding diaryl/α,β-unsaturated/α-hetero) is 1. The summed E-state index contributed by atoms with van der Waals surface area (Å²) < 4.78 is 6.23. The Morgan fingerprint density at radius 3 is 2.22 bits per heavy atom. The number of aryl methyl sites for hydroxylation is 1. The number of benzene rings is 3. The minimum Gasteiger partial charge on any atom is -0.454 e. The molecule has 3 aromatic carbocycles. The first-order valence-electron chi connectivity index (χ1n) is 13.7. The van der Waals surface area contributed by atoms with E-state index in [0.717, 1.165) is 35.7 Å². The lowest BCUT2D eigenvalue weighted by Crippen LogP contribution is -2.30. The summed E-state index contributed by atoms with van der Waals surface area (Å²) in [5.41, 5.74) is 4.14. The number of ketones is 1. The molecule has 0 N–H and O–H groups in total. The third kappa shape index (κ3) is 5.20. The third-order valence-electron chi connectivity index (χ3n) is 7.96. The van der Waals surface area contributed by atoms with Crippen LogP contribution >= 0.6 is 15.9 Å². The van der Waals surface area contributed by atoms with Crippen LogP contribution in [0.1, 0.15) is 52.0 Å². The molecule has 1 aliphatic carbocycles. The average Bonchev–Trinajstić information content (AvgIpc) is 3.25. The fraction of sp³-hybridized carbons (Fsp3) is 0.242. The Balaban J connectivity index is 1.28. The number of nitrogens with zero attached hydrogens (tertiary/aromatic N) is 2. The van der Waals surface area contributed by atoms with Gasteiger partial charge in [0.15, 0.2) is 12.4 Å². The number of esters is 1. The molecule has 8 heteroatoms. The van der Waals surface area contributed by atoms with Crippen LogP contribution < -0.4 is 4.90 Å². The maximum atomic E-state index is 13.3. The molecule has 2 heterocycles. The van der Waals surface area contributed by atoms with Gasteiger partial charge in [-0.05, 0) is 56.2 Å². The monoisotopic (exact) mass is 610 g/mol. The molecule has 6 rings (SSSR count). The molecule has 0 unspecified atom stereocenters. The maximum absolute atomic E-state index is 13.3. The first kappa shape index (κ1) is 27.0. The largest absolute Gasteiger partial charge is 0.454 e. The highest BCUT2D eigenvalue weighted by molar-refractivity contribution is 9.10. The predicted octanol–water partition coefficient (Wildman–Crippen LogP) is 6.69. The molecule has 1 saturated carbocycles. The normalized spacial score (nSPS) is 18.4. The van der Waals surface area contributed by atoms with E-state index >= 15 is 0 Å². The molecule has 2 fully saturated rings. The van der Waals surface area contributed by atoms with Crippen molar-refractivity contribution in [2.24, 2.45) is 11.8 Å². The number of amides is 2. The molecule has 2 aliphatic rings. The minimum absolute atomic E-state index is 0.118. The van der Waals surface area contributed by atoms with Crippen molar-refractivity contribution in [3.05, 3.63) is 94.0 Å². The molecule has 7 nitrogen and oxygen atoms in total. The smallest absolute Gasteiger partial charge is 0.339 e. The van der Waals surface area contributed by atoms with E-state index in [1.807, 2.05) is 25.1 Å². The van der Waals surface area contributed by atoms with Crippen LogP contribution in [-0.2, 0) is 14.3 Å². The van der Waals surface area contributed by atoms with Gasteiger partial charge in [0.2, 0.25) is 11.8 Å². The first-order valence-corrected chi connectivity index (χ1v) is 14.4. The summed E-state index contributed by atoms with van der Waals surface area (Å²) in [4.78, 5) is 58.0. The van der Waals surface area contributed by atoms with Crippen LogP contribution in [0.4, 0.5) is 5.69 Å². The summed E-state index contributed by atoms with van der Waals surface area (Å²) in [6.45, 7) is 1.55. The Morgan fingerprint density at radius 1 is 0.902 bits per heavy atom. The summed E-state index contributed by atoms with van der Waals surface area (Å²) in [7, 11) is 0. The molecule has 1 aliphatic heterocycles. The molecule has 2 amide bonds. The van der Waals surface area contributed by atoms with E-state index in [0.29, 0.717) is 33.4 Å². The summed E-state index contributed by atoms with van der Waals surface area (Å²) in [6.07, 6.45) is 3.47. The van der Waals surface area contributed by atoms with Crippen LogP contribution in [0.2, 0.25) is 0 Å². The van der Waals surface area contributed by atoms with Gasteiger partial charge in [0.1, 0.15) is 0 Å². The number of aromatic nitrogens is 1. The molecular weight excluding hydrogens is 584 g/mol. The zero-order chi connectivity index (χ0) is 28.7. The lowest BCUT2D eigenvalue weighted by Gasteiger charge is -2.19. The summed E-state index contributed by atoms with van der Waals surface area (Å²) in [5, 5.41) is 0.586. The number of ether oxygens (including phenoxy) is 1. The van der Waals surface area contributed by atoms with E-state index in [4.69, 9.17) is 9.72 Å². The lowest BCUT2D eigenvalue weighted by atomic mass is 9.81. The molecular formula is C33H27BrN2O5. The Bertz CT molecular complexity index is 1670. The van der Waals surface area contributed by atoms with Crippen molar-refractivity contribution in [2.45, 2.75) is 32.6 Å². The number of fused-ring (bicyclic) bond motifs is 2. The molecule has 0 bridgehead atoms. The van der Waals surface area contributed by atoms with Crippen LogP contribution in [0.15, 0.2) is 77.3 Å². The van der Waals surface area contributed by atoms with Crippen molar-refractivity contribution in [2.75, 3.05) is 11.5 Å². The zero-order valence-corrected chi connectivity index (χ0v) is 24.0. The highest BCUT2D eigenvalue weighted by atomic mass is 79.9. The maximum Gasteiger partial charge on any atom is 0.339 e. The van der Waals surface area contributed by atoms with Crippen molar-refractivity contribution in [3.63, 3.8) is 0 Å². The van der Waals surface area contributed by atoms with Crippen LogP contribution in [0.3, 0.4) is 0 Å². The molecule has 0 radical (unpaired) electrons. The van der Waals surface area contributed by atoms with Crippen molar-refractivity contribution < 1.29 is 23.9 Å². The fourth-order valence-corrected chi connectivity index (χ4v) is 6.11. The van der Waals surface area contributed by atoms with Gasteiger partial charge in [-0.2, -0.15) is 0 Å². The number of carbonyl (C=O) groups excluding carboxylic acids is 4. The van der Waals surface area contributed by atoms with Crippen LogP contribution in [0.5, 0.6) is 0 Å². The number of carbonyl (C=O) groups is 4. The van der Waals surface area contributed by atoms with Gasteiger partial charge in [0.05, 0.1) is 34.3 Å². The number of hydrogen-bond donors (Lipinski definition) is 0. The fourth-order valence-electron chi connectivity index (χ4n) is 5.74. The van der Waals surface area contributed by atoms with E-state index in [9.17, 15) is 19.2 Å². The Hall–Kier alpha value is -4.17. The zero-order valence-electron chi connectivity index (χ0n) is 22.4. The number of hydrogen-bond acceptors (Lipinski definition) is 6. The van der Waals surface area contributed by atoms with E-state index in [2.05, 4.69) is 15.9 Å². The number of halogens is 1. The summed E-state index contributed by atoms with van der Waals surface area (Å²) in [6, 6.07) is 21.2. The van der Waals surface area contributed by atoms with Crippen molar-refractivity contribution in [1.82, 2.24) is 4.98 Å². The molecule has 0 spiro atoms. The topological polar surface area (TPSA) is 93.6 Å². The van der Waals surface area contributed by atoms with Gasteiger partial charge in [-0.1, -0.05) is 70.7 Å². The van der Waals surface area contributed by atoms with Gasteiger partial charge in [-0.25, -0.2) is 9.78 Å². The second kappa shape index (κ2) is 11.0. The lowest BCUT2D eigenvalue weighted by molar-refractivity contribution is -0.122. The second-order valence-corrected chi connectivity index (χ2v) is 11.6. The van der Waals surface area contributed by atoms with E-state index < -0.39 is 5.97 Å². The second-order valence-electron chi connectivity index (χ2n) is 10.6.